The van der Waals surface area contributed by atoms with E-state index in [9.17, 15) is 9.59 Å². The Morgan fingerprint density at radius 2 is 2.04 bits per heavy atom. The number of hydrogen-bond acceptors (Lipinski definition) is 6. The van der Waals surface area contributed by atoms with Crippen LogP contribution in [0.5, 0.6) is 0 Å². The minimum Gasteiger partial charge on any atom is -0.375 e. The monoisotopic (exact) mass is 365 g/mol. The van der Waals surface area contributed by atoms with E-state index >= 15 is 0 Å². The zero-order chi connectivity index (χ0) is 18.9. The summed E-state index contributed by atoms with van der Waals surface area (Å²) in [4.78, 5) is 32.5. The number of hydrogen-bond donors (Lipinski definition) is 1. The van der Waals surface area contributed by atoms with Crippen LogP contribution in [0.4, 0.5) is 4.79 Å². The molecule has 0 bridgehead atoms. The van der Waals surface area contributed by atoms with Gasteiger partial charge in [0.05, 0.1) is 5.92 Å². The summed E-state index contributed by atoms with van der Waals surface area (Å²) in [6.45, 7) is 8.79. The highest BCUT2D eigenvalue weighted by atomic mass is 16.5. The Balaban J connectivity index is 1.71. The summed E-state index contributed by atoms with van der Waals surface area (Å²) >= 11 is 0. The molecule has 1 aromatic rings. The van der Waals surface area contributed by atoms with Gasteiger partial charge in [-0.2, -0.15) is 4.98 Å². The summed E-state index contributed by atoms with van der Waals surface area (Å²) in [5.41, 5.74) is -0.239. The van der Waals surface area contributed by atoms with E-state index in [0.717, 1.165) is 0 Å². The first-order valence-corrected chi connectivity index (χ1v) is 8.94. The molecule has 144 valence electrons. The summed E-state index contributed by atoms with van der Waals surface area (Å²) < 4.78 is 10.4. The van der Waals surface area contributed by atoms with E-state index < -0.39 is 0 Å². The highest BCUT2D eigenvalue weighted by Crippen LogP contribution is 2.48. The maximum absolute atomic E-state index is 12.3. The molecule has 2 saturated heterocycles. The lowest BCUT2D eigenvalue weighted by Crippen LogP contribution is -2.63. The van der Waals surface area contributed by atoms with Crippen molar-refractivity contribution in [2.24, 2.45) is 11.3 Å². The van der Waals surface area contributed by atoms with Crippen LogP contribution in [-0.4, -0.2) is 78.3 Å². The Hall–Kier alpha value is -2.16. The summed E-state index contributed by atoms with van der Waals surface area (Å²) in [6.07, 6.45) is 0. The first-order chi connectivity index (χ1) is 12.3. The lowest BCUT2D eigenvalue weighted by atomic mass is 9.71. The Morgan fingerprint density at radius 3 is 2.62 bits per heavy atom. The molecule has 0 aliphatic carbocycles. The Kier molecular flexibility index (Phi) is 5.17. The zero-order valence-electron chi connectivity index (χ0n) is 15.8. The fourth-order valence-electron chi connectivity index (χ4n) is 3.75. The molecule has 0 aromatic carbocycles. The molecule has 3 heterocycles. The predicted octanol–water partition coefficient (Wildman–Crippen LogP) is 0.618. The lowest BCUT2D eigenvalue weighted by molar-refractivity contribution is -0.134. The number of aryl methyl sites for hydroxylation is 1. The smallest absolute Gasteiger partial charge is 0.317 e. The molecule has 9 nitrogen and oxygen atoms in total. The van der Waals surface area contributed by atoms with Crippen LogP contribution in [0.15, 0.2) is 4.52 Å². The molecule has 2 aliphatic rings. The summed E-state index contributed by atoms with van der Waals surface area (Å²) in [5.74, 6) is 1.38. The molecule has 1 spiro atoms. The van der Waals surface area contributed by atoms with Crippen LogP contribution >= 0.6 is 0 Å². The highest BCUT2D eigenvalue weighted by molar-refractivity contribution is 5.79. The van der Waals surface area contributed by atoms with Gasteiger partial charge in [0.15, 0.2) is 5.82 Å². The second-order valence-electron chi connectivity index (χ2n) is 7.74. The largest absolute Gasteiger partial charge is 0.375 e. The van der Waals surface area contributed by atoms with Gasteiger partial charge in [-0.1, -0.05) is 19.0 Å². The third-order valence-corrected chi connectivity index (χ3v) is 5.07. The second-order valence-corrected chi connectivity index (χ2v) is 7.74. The maximum atomic E-state index is 12.3. The molecule has 0 radical (unpaired) electrons. The minimum atomic E-state index is -0.239. The molecular formula is C17H27N5O4. The molecule has 1 atom stereocenters. The third-order valence-electron chi connectivity index (χ3n) is 5.07. The van der Waals surface area contributed by atoms with Crippen LogP contribution in [0.1, 0.15) is 31.5 Å². The Morgan fingerprint density at radius 1 is 1.35 bits per heavy atom. The number of carbonyl (C=O) groups is 2. The average molecular weight is 365 g/mol. The normalized spacial score (nSPS) is 21.3. The van der Waals surface area contributed by atoms with Gasteiger partial charge in [0, 0.05) is 45.2 Å². The van der Waals surface area contributed by atoms with Crippen LogP contribution in [-0.2, 0) is 9.53 Å². The fraction of sp³-hybridized carbons (Fsp3) is 0.765. The van der Waals surface area contributed by atoms with Crippen molar-refractivity contribution in [3.8, 4) is 0 Å². The van der Waals surface area contributed by atoms with Crippen molar-refractivity contribution in [3.63, 3.8) is 0 Å². The van der Waals surface area contributed by atoms with E-state index in [1.165, 1.54) is 7.11 Å². The van der Waals surface area contributed by atoms with Crippen molar-refractivity contribution in [3.05, 3.63) is 11.7 Å². The lowest BCUT2D eigenvalue weighted by Gasteiger charge is -2.49. The molecule has 1 aromatic heterocycles. The van der Waals surface area contributed by atoms with Gasteiger partial charge in [0.2, 0.25) is 11.8 Å². The molecule has 9 heteroatoms. The number of rotatable bonds is 5. The predicted molar refractivity (Wildman–Crippen MR) is 92.5 cm³/mol. The van der Waals surface area contributed by atoms with Crippen LogP contribution in [0.3, 0.4) is 0 Å². The molecule has 1 N–H and O–H groups in total. The molecule has 2 fully saturated rings. The zero-order valence-corrected chi connectivity index (χ0v) is 15.8. The highest BCUT2D eigenvalue weighted by Gasteiger charge is 2.58. The van der Waals surface area contributed by atoms with Gasteiger partial charge in [-0.15, -0.1) is 0 Å². The van der Waals surface area contributed by atoms with Crippen LogP contribution < -0.4 is 5.32 Å². The van der Waals surface area contributed by atoms with Crippen molar-refractivity contribution >= 4 is 11.9 Å². The van der Waals surface area contributed by atoms with Gasteiger partial charge < -0.3 is 24.4 Å². The van der Waals surface area contributed by atoms with E-state index in [1.807, 2.05) is 0 Å². The van der Waals surface area contributed by atoms with Gasteiger partial charge in [-0.25, -0.2) is 4.79 Å². The SMILES string of the molecule is COCC(=O)N1CC(c2nc(C)no2)C2(C1)CN(C(=O)NCC(C)C)C2. The van der Waals surface area contributed by atoms with Crippen molar-refractivity contribution in [1.29, 1.82) is 0 Å². The van der Waals surface area contributed by atoms with Gasteiger partial charge in [0.25, 0.3) is 0 Å². The Labute approximate surface area is 153 Å². The van der Waals surface area contributed by atoms with E-state index in [4.69, 9.17) is 9.26 Å². The summed E-state index contributed by atoms with van der Waals surface area (Å²) in [7, 11) is 1.51. The van der Waals surface area contributed by atoms with Crippen molar-refractivity contribution in [2.75, 3.05) is 46.4 Å². The number of nitrogens with one attached hydrogen (secondary N) is 1. The number of urea groups is 1. The number of aromatic nitrogens is 2. The van der Waals surface area contributed by atoms with Crippen LogP contribution in [0.25, 0.3) is 0 Å². The number of ether oxygens (including phenoxy) is 1. The summed E-state index contributed by atoms with van der Waals surface area (Å²) in [6, 6.07) is -0.0635. The molecule has 2 aliphatic heterocycles. The van der Waals surface area contributed by atoms with Crippen LogP contribution in [0.2, 0.25) is 0 Å². The van der Waals surface area contributed by atoms with E-state index in [-0.39, 0.29) is 29.9 Å². The number of amides is 3. The van der Waals surface area contributed by atoms with Crippen molar-refractivity contribution in [2.45, 2.75) is 26.7 Å². The van der Waals surface area contributed by atoms with Crippen molar-refractivity contribution < 1.29 is 18.8 Å². The molecule has 3 rings (SSSR count). The fourth-order valence-corrected chi connectivity index (χ4v) is 3.75. The maximum Gasteiger partial charge on any atom is 0.317 e. The number of likely N-dealkylation sites (tertiary alicyclic amines) is 2. The number of nitrogens with zero attached hydrogens (tertiary/aromatic N) is 4. The standard InChI is InChI=1S/C17H27N5O4/c1-11(2)5-18-16(24)22-9-17(10-22)8-21(14(23)7-25-4)6-13(17)15-19-12(3)20-26-15/h11,13H,5-10H2,1-4H3,(H,18,24). The first kappa shape index (κ1) is 18.6. The van der Waals surface area contributed by atoms with E-state index in [0.29, 0.717) is 50.4 Å². The van der Waals surface area contributed by atoms with Gasteiger partial charge in [0.1, 0.15) is 6.61 Å². The number of methoxy groups -OCH3 is 1. The third kappa shape index (κ3) is 3.53. The van der Waals surface area contributed by atoms with Gasteiger partial charge in [-0.05, 0) is 12.8 Å². The Bertz CT molecular complexity index is 668. The van der Waals surface area contributed by atoms with Crippen LogP contribution in [0, 0.1) is 18.3 Å². The average Bonchev–Trinajstić information content (AvgIpc) is 3.15. The molecule has 0 saturated carbocycles. The molecular weight excluding hydrogens is 338 g/mol. The van der Waals surface area contributed by atoms with Gasteiger partial charge >= 0.3 is 6.03 Å². The van der Waals surface area contributed by atoms with Gasteiger partial charge in [-0.3, -0.25) is 4.79 Å². The molecule has 26 heavy (non-hydrogen) atoms. The van der Waals surface area contributed by atoms with E-state index in [2.05, 4.69) is 29.3 Å². The summed E-state index contributed by atoms with van der Waals surface area (Å²) in [5, 5.41) is 6.83. The quantitative estimate of drug-likeness (QED) is 0.821. The van der Waals surface area contributed by atoms with Crippen molar-refractivity contribution in [1.82, 2.24) is 25.3 Å². The number of carbonyl (C=O) groups excluding carboxylic acids is 2. The molecule has 3 amide bonds. The molecule has 1 unspecified atom stereocenters. The van der Waals surface area contributed by atoms with E-state index in [1.54, 1.807) is 16.7 Å². The topological polar surface area (TPSA) is 101 Å². The minimum absolute atomic E-state index is 0.0459. The first-order valence-electron chi connectivity index (χ1n) is 8.94. The second kappa shape index (κ2) is 7.22.